The Bertz CT molecular complexity index is 827. The number of rotatable bonds is 6. The number of likely N-dealkylation sites (tertiary alicyclic amines) is 1. The van der Waals surface area contributed by atoms with Crippen LogP contribution in [0.2, 0.25) is 0 Å². The number of piperidine rings is 1. The molecule has 1 atom stereocenters. The standard InChI is InChI=1S/C21H29N5O3/c1-15(21(27)28-2)29-18-5-3-16(4-6-18)14-25-10-7-17(8-11-25)20-24-23-19-13-22-9-12-26(19)20/h3-6,15,17,22H,7-14H2,1-2H3. The van der Waals surface area contributed by atoms with Crippen molar-refractivity contribution in [2.75, 3.05) is 26.7 Å². The van der Waals surface area contributed by atoms with E-state index in [0.29, 0.717) is 11.7 Å². The van der Waals surface area contributed by atoms with Gasteiger partial charge in [-0.3, -0.25) is 4.90 Å². The highest BCUT2D eigenvalue weighted by molar-refractivity contribution is 5.74. The van der Waals surface area contributed by atoms with E-state index in [1.807, 2.05) is 12.1 Å². The molecular weight excluding hydrogens is 370 g/mol. The van der Waals surface area contributed by atoms with Gasteiger partial charge in [0.05, 0.1) is 13.7 Å². The van der Waals surface area contributed by atoms with Crippen LogP contribution >= 0.6 is 0 Å². The van der Waals surface area contributed by atoms with Gasteiger partial charge in [0.1, 0.15) is 17.4 Å². The first-order chi connectivity index (χ1) is 14.1. The number of carbonyl (C=O) groups is 1. The normalized spacial score (nSPS) is 18.8. The van der Waals surface area contributed by atoms with Gasteiger partial charge in [0.25, 0.3) is 0 Å². The predicted molar refractivity (Wildman–Crippen MR) is 108 cm³/mol. The van der Waals surface area contributed by atoms with Crippen molar-refractivity contribution in [3.05, 3.63) is 41.5 Å². The molecule has 8 heteroatoms. The molecule has 1 aromatic carbocycles. The van der Waals surface area contributed by atoms with Gasteiger partial charge >= 0.3 is 5.97 Å². The molecule has 156 valence electrons. The molecule has 2 aliphatic rings. The Balaban J connectivity index is 1.28. The second kappa shape index (κ2) is 8.92. The molecule has 3 heterocycles. The summed E-state index contributed by atoms with van der Waals surface area (Å²) in [4.78, 5) is 14.0. The molecule has 0 spiro atoms. The quantitative estimate of drug-likeness (QED) is 0.741. The molecular formula is C21H29N5O3. The number of carbonyl (C=O) groups excluding carboxylic acids is 1. The monoisotopic (exact) mass is 399 g/mol. The number of aromatic nitrogens is 3. The molecule has 29 heavy (non-hydrogen) atoms. The smallest absolute Gasteiger partial charge is 0.346 e. The number of hydrogen-bond acceptors (Lipinski definition) is 7. The highest BCUT2D eigenvalue weighted by Gasteiger charge is 2.27. The molecule has 1 fully saturated rings. The van der Waals surface area contributed by atoms with Gasteiger partial charge in [-0.05, 0) is 50.6 Å². The second-order valence-electron chi connectivity index (χ2n) is 7.78. The zero-order valence-corrected chi connectivity index (χ0v) is 17.1. The molecule has 0 bridgehead atoms. The maximum atomic E-state index is 11.5. The molecule has 1 N–H and O–H groups in total. The van der Waals surface area contributed by atoms with Crippen LogP contribution in [-0.4, -0.2) is 58.5 Å². The van der Waals surface area contributed by atoms with E-state index < -0.39 is 6.10 Å². The minimum Gasteiger partial charge on any atom is -0.479 e. The van der Waals surface area contributed by atoms with Crippen LogP contribution in [0.4, 0.5) is 0 Å². The molecule has 1 unspecified atom stereocenters. The van der Waals surface area contributed by atoms with Crippen molar-refractivity contribution in [2.24, 2.45) is 0 Å². The van der Waals surface area contributed by atoms with Crippen LogP contribution in [0.15, 0.2) is 24.3 Å². The maximum Gasteiger partial charge on any atom is 0.346 e. The van der Waals surface area contributed by atoms with Crippen LogP contribution in [-0.2, 0) is 29.2 Å². The lowest BCUT2D eigenvalue weighted by atomic mass is 9.95. The Kier molecular flexibility index (Phi) is 6.10. The fourth-order valence-electron chi connectivity index (χ4n) is 4.12. The molecule has 0 aliphatic carbocycles. The molecule has 8 nitrogen and oxygen atoms in total. The number of nitrogens with zero attached hydrogens (tertiary/aromatic N) is 4. The summed E-state index contributed by atoms with van der Waals surface area (Å²) >= 11 is 0. The highest BCUT2D eigenvalue weighted by atomic mass is 16.6. The topological polar surface area (TPSA) is 81.5 Å². The highest BCUT2D eigenvalue weighted by Crippen LogP contribution is 2.28. The number of esters is 1. The molecule has 4 rings (SSSR count). The van der Waals surface area contributed by atoms with E-state index in [-0.39, 0.29) is 5.97 Å². The van der Waals surface area contributed by atoms with Crippen molar-refractivity contribution in [1.29, 1.82) is 0 Å². The predicted octanol–water partition coefficient (Wildman–Crippen LogP) is 1.70. The third-order valence-corrected chi connectivity index (χ3v) is 5.78. The molecule has 1 saturated heterocycles. The summed E-state index contributed by atoms with van der Waals surface area (Å²) in [7, 11) is 1.36. The van der Waals surface area contributed by atoms with E-state index in [1.165, 1.54) is 18.5 Å². The Morgan fingerprint density at radius 2 is 1.97 bits per heavy atom. The summed E-state index contributed by atoms with van der Waals surface area (Å²) in [5.74, 6) is 3.04. The Labute approximate surface area is 171 Å². The third-order valence-electron chi connectivity index (χ3n) is 5.78. The first-order valence-electron chi connectivity index (χ1n) is 10.3. The lowest BCUT2D eigenvalue weighted by Crippen LogP contribution is -2.34. The second-order valence-corrected chi connectivity index (χ2v) is 7.78. The number of benzene rings is 1. The molecule has 1 aromatic heterocycles. The number of ether oxygens (including phenoxy) is 2. The van der Waals surface area contributed by atoms with Gasteiger partial charge in [-0.1, -0.05) is 12.1 Å². The molecule has 0 radical (unpaired) electrons. The van der Waals surface area contributed by atoms with E-state index in [9.17, 15) is 4.79 Å². The lowest BCUT2D eigenvalue weighted by molar-refractivity contribution is -0.147. The zero-order chi connectivity index (χ0) is 20.2. The van der Waals surface area contributed by atoms with E-state index in [0.717, 1.165) is 57.9 Å². The Hall–Kier alpha value is -2.45. The van der Waals surface area contributed by atoms with Gasteiger partial charge in [-0.25, -0.2) is 4.79 Å². The number of nitrogens with one attached hydrogen (secondary N) is 1. The van der Waals surface area contributed by atoms with Crippen molar-refractivity contribution >= 4 is 5.97 Å². The van der Waals surface area contributed by atoms with E-state index in [4.69, 9.17) is 9.47 Å². The zero-order valence-electron chi connectivity index (χ0n) is 17.1. The van der Waals surface area contributed by atoms with Crippen LogP contribution in [0.3, 0.4) is 0 Å². The largest absolute Gasteiger partial charge is 0.479 e. The van der Waals surface area contributed by atoms with Gasteiger partial charge < -0.3 is 19.4 Å². The first kappa shape index (κ1) is 19.8. The van der Waals surface area contributed by atoms with Crippen LogP contribution in [0.1, 0.15) is 42.9 Å². The molecule has 0 amide bonds. The summed E-state index contributed by atoms with van der Waals surface area (Å²) in [6, 6.07) is 7.96. The van der Waals surface area contributed by atoms with Gasteiger partial charge in [0, 0.05) is 25.6 Å². The fourth-order valence-corrected chi connectivity index (χ4v) is 4.12. The van der Waals surface area contributed by atoms with Crippen molar-refractivity contribution in [3.8, 4) is 5.75 Å². The summed E-state index contributed by atoms with van der Waals surface area (Å²) in [5, 5.41) is 12.2. The summed E-state index contributed by atoms with van der Waals surface area (Å²) < 4.78 is 12.6. The van der Waals surface area contributed by atoms with E-state index >= 15 is 0 Å². The van der Waals surface area contributed by atoms with Gasteiger partial charge in [-0.2, -0.15) is 0 Å². The fraction of sp³-hybridized carbons (Fsp3) is 0.571. The van der Waals surface area contributed by atoms with Gasteiger partial charge in [0.15, 0.2) is 6.10 Å². The minimum atomic E-state index is -0.608. The SMILES string of the molecule is COC(=O)C(C)Oc1ccc(CN2CCC(c3nnc4n3CCNC4)CC2)cc1. The van der Waals surface area contributed by atoms with Crippen LogP contribution in [0.5, 0.6) is 5.75 Å². The van der Waals surface area contributed by atoms with E-state index in [2.05, 4.69) is 37.1 Å². The van der Waals surface area contributed by atoms with Gasteiger partial charge in [-0.15, -0.1) is 10.2 Å². The van der Waals surface area contributed by atoms with Gasteiger partial charge in [0.2, 0.25) is 0 Å². The summed E-state index contributed by atoms with van der Waals surface area (Å²) in [6.45, 7) is 7.51. The summed E-state index contributed by atoms with van der Waals surface area (Å²) in [6.07, 6.45) is 1.62. The Morgan fingerprint density at radius 1 is 1.21 bits per heavy atom. The molecule has 2 aliphatic heterocycles. The first-order valence-corrected chi connectivity index (χ1v) is 10.3. The van der Waals surface area contributed by atoms with Crippen LogP contribution in [0.25, 0.3) is 0 Å². The third kappa shape index (κ3) is 4.59. The van der Waals surface area contributed by atoms with Crippen molar-refractivity contribution < 1.29 is 14.3 Å². The lowest BCUT2D eigenvalue weighted by Gasteiger charge is -2.32. The number of fused-ring (bicyclic) bond motifs is 1. The van der Waals surface area contributed by atoms with Crippen LogP contribution in [0, 0.1) is 0 Å². The van der Waals surface area contributed by atoms with E-state index in [1.54, 1.807) is 6.92 Å². The summed E-state index contributed by atoms with van der Waals surface area (Å²) in [5.41, 5.74) is 1.24. The van der Waals surface area contributed by atoms with Crippen molar-refractivity contribution in [1.82, 2.24) is 25.0 Å². The number of methoxy groups -OCH3 is 1. The minimum absolute atomic E-state index is 0.373. The molecule has 2 aromatic rings. The van der Waals surface area contributed by atoms with Crippen LogP contribution < -0.4 is 10.1 Å². The average Bonchev–Trinajstić information content (AvgIpc) is 3.19. The molecule has 0 saturated carbocycles. The van der Waals surface area contributed by atoms with Crippen molar-refractivity contribution in [3.63, 3.8) is 0 Å². The Morgan fingerprint density at radius 3 is 2.69 bits per heavy atom. The number of hydrogen-bond donors (Lipinski definition) is 1. The maximum absolute atomic E-state index is 11.5. The average molecular weight is 399 g/mol. The van der Waals surface area contributed by atoms with Crippen molar-refractivity contribution in [2.45, 2.75) is 51.4 Å².